The summed E-state index contributed by atoms with van der Waals surface area (Å²) >= 11 is 0. The number of likely N-dealkylation sites (tertiary alicyclic amines) is 2. The number of nitrogens with one attached hydrogen (secondary N) is 1. The smallest absolute Gasteiger partial charge is 0.226 e. The van der Waals surface area contributed by atoms with E-state index in [0.29, 0.717) is 16.9 Å². The SMILES string of the molecule is Cc1oc(-c2ccc(C#N)cc2)nc1CN1CC2(CC(C(=O)NCCN3CCCC3)C2)C1. The average Bonchev–Trinajstić information content (AvgIpc) is 3.38. The molecule has 2 aliphatic heterocycles. The van der Waals surface area contributed by atoms with Crippen LogP contribution in [0.15, 0.2) is 28.7 Å². The first-order valence-electron chi connectivity index (χ1n) is 11.7. The topological polar surface area (TPSA) is 85.4 Å². The van der Waals surface area contributed by atoms with Gasteiger partial charge in [0.05, 0.1) is 17.3 Å². The van der Waals surface area contributed by atoms with Crippen molar-refractivity contribution in [2.24, 2.45) is 11.3 Å². The van der Waals surface area contributed by atoms with E-state index in [0.717, 1.165) is 62.6 Å². The van der Waals surface area contributed by atoms with Crippen LogP contribution in [-0.4, -0.2) is 60.0 Å². The summed E-state index contributed by atoms with van der Waals surface area (Å²) in [7, 11) is 0. The van der Waals surface area contributed by atoms with Crippen molar-refractivity contribution in [3.8, 4) is 17.5 Å². The van der Waals surface area contributed by atoms with Crippen LogP contribution in [0.25, 0.3) is 11.5 Å². The van der Waals surface area contributed by atoms with Crippen molar-refractivity contribution < 1.29 is 9.21 Å². The molecule has 2 saturated heterocycles. The molecule has 7 nitrogen and oxygen atoms in total. The number of carbonyl (C=O) groups is 1. The average molecular weight is 434 g/mol. The molecule has 5 rings (SSSR count). The van der Waals surface area contributed by atoms with Crippen molar-refractivity contribution in [1.82, 2.24) is 20.1 Å². The lowest BCUT2D eigenvalue weighted by atomic mass is 9.57. The molecule has 1 aliphatic carbocycles. The molecule has 168 valence electrons. The van der Waals surface area contributed by atoms with Gasteiger partial charge in [-0.15, -0.1) is 0 Å². The third-order valence-corrected chi connectivity index (χ3v) is 7.30. The summed E-state index contributed by atoms with van der Waals surface area (Å²) in [6.07, 6.45) is 4.60. The highest BCUT2D eigenvalue weighted by atomic mass is 16.4. The normalized spacial score (nSPS) is 20.6. The van der Waals surface area contributed by atoms with Gasteiger partial charge in [-0.1, -0.05) is 0 Å². The van der Waals surface area contributed by atoms with Crippen molar-refractivity contribution in [2.45, 2.75) is 39.2 Å². The molecule has 3 aliphatic rings. The monoisotopic (exact) mass is 433 g/mol. The number of carbonyl (C=O) groups excluding carboxylic acids is 1. The number of nitrogens with zero attached hydrogens (tertiary/aromatic N) is 4. The van der Waals surface area contributed by atoms with Gasteiger partial charge in [0, 0.05) is 44.2 Å². The Morgan fingerprint density at radius 3 is 2.62 bits per heavy atom. The molecule has 0 radical (unpaired) electrons. The highest BCUT2D eigenvalue weighted by molar-refractivity contribution is 5.79. The quantitative estimate of drug-likeness (QED) is 0.723. The Kier molecular flexibility index (Phi) is 5.75. The Morgan fingerprint density at radius 2 is 1.94 bits per heavy atom. The molecule has 1 saturated carbocycles. The van der Waals surface area contributed by atoms with E-state index in [9.17, 15) is 4.79 Å². The molecule has 32 heavy (non-hydrogen) atoms. The van der Waals surface area contributed by atoms with Gasteiger partial charge in [-0.3, -0.25) is 9.69 Å². The Labute approximate surface area is 189 Å². The third kappa shape index (κ3) is 4.30. The largest absolute Gasteiger partial charge is 0.441 e. The van der Waals surface area contributed by atoms with Gasteiger partial charge in [0.15, 0.2) is 0 Å². The number of nitriles is 1. The highest BCUT2D eigenvalue weighted by Gasteiger charge is 2.54. The minimum atomic E-state index is 0.187. The van der Waals surface area contributed by atoms with E-state index in [2.05, 4.69) is 21.2 Å². The maximum atomic E-state index is 12.4. The number of benzene rings is 1. The number of oxazole rings is 1. The van der Waals surface area contributed by atoms with Gasteiger partial charge in [-0.2, -0.15) is 5.26 Å². The van der Waals surface area contributed by atoms with Crippen LogP contribution >= 0.6 is 0 Å². The van der Waals surface area contributed by atoms with Crippen LogP contribution in [0.2, 0.25) is 0 Å². The van der Waals surface area contributed by atoms with Gasteiger partial charge in [-0.05, 0) is 75.4 Å². The second-order valence-corrected chi connectivity index (χ2v) is 9.80. The van der Waals surface area contributed by atoms with E-state index in [1.165, 1.54) is 25.9 Å². The van der Waals surface area contributed by atoms with Crippen molar-refractivity contribution >= 4 is 5.91 Å². The summed E-state index contributed by atoms with van der Waals surface area (Å²) < 4.78 is 5.88. The Balaban J connectivity index is 1.06. The molecule has 0 unspecified atom stereocenters. The molecule has 1 N–H and O–H groups in total. The highest BCUT2D eigenvalue weighted by Crippen LogP contribution is 2.52. The van der Waals surface area contributed by atoms with Crippen LogP contribution in [0, 0.1) is 29.6 Å². The molecule has 1 amide bonds. The zero-order valence-corrected chi connectivity index (χ0v) is 18.8. The molecular formula is C25H31N5O2. The summed E-state index contributed by atoms with van der Waals surface area (Å²) in [6.45, 7) is 8.92. The third-order valence-electron chi connectivity index (χ3n) is 7.30. The van der Waals surface area contributed by atoms with Crippen LogP contribution in [0.1, 0.15) is 42.7 Å². The van der Waals surface area contributed by atoms with Gasteiger partial charge in [0.25, 0.3) is 0 Å². The van der Waals surface area contributed by atoms with Gasteiger partial charge in [-0.25, -0.2) is 4.98 Å². The Hall–Kier alpha value is -2.69. The van der Waals surface area contributed by atoms with Crippen molar-refractivity contribution in [3.05, 3.63) is 41.3 Å². The van der Waals surface area contributed by atoms with Gasteiger partial charge in [0.1, 0.15) is 5.76 Å². The maximum Gasteiger partial charge on any atom is 0.226 e. The molecule has 0 bridgehead atoms. The molecular weight excluding hydrogens is 402 g/mol. The van der Waals surface area contributed by atoms with Crippen LogP contribution in [0.3, 0.4) is 0 Å². The summed E-state index contributed by atoms with van der Waals surface area (Å²) in [6, 6.07) is 9.43. The van der Waals surface area contributed by atoms with Gasteiger partial charge >= 0.3 is 0 Å². The molecule has 1 aromatic heterocycles. The van der Waals surface area contributed by atoms with E-state index in [1.54, 1.807) is 12.1 Å². The standard InChI is InChI=1S/C25H31N5O2/c1-18-22(28-24(32-18)20-6-4-19(14-26)5-7-20)15-30-16-25(17-30)12-21(13-25)23(31)27-8-11-29-9-2-3-10-29/h4-7,21H,2-3,8-13,15-17H2,1H3,(H,27,31). The molecule has 1 spiro atoms. The lowest BCUT2D eigenvalue weighted by Gasteiger charge is -2.58. The lowest BCUT2D eigenvalue weighted by Crippen LogP contribution is -2.63. The Bertz CT molecular complexity index is 1000. The first-order valence-corrected chi connectivity index (χ1v) is 11.7. The minimum absolute atomic E-state index is 0.187. The van der Waals surface area contributed by atoms with Crippen LogP contribution in [0.5, 0.6) is 0 Å². The zero-order valence-electron chi connectivity index (χ0n) is 18.8. The lowest BCUT2D eigenvalue weighted by molar-refractivity contribution is -0.145. The van der Waals surface area contributed by atoms with Crippen LogP contribution in [-0.2, 0) is 11.3 Å². The molecule has 0 atom stereocenters. The second kappa shape index (κ2) is 8.68. The number of hydrogen-bond donors (Lipinski definition) is 1. The minimum Gasteiger partial charge on any atom is -0.441 e. The Morgan fingerprint density at radius 1 is 1.22 bits per heavy atom. The summed E-state index contributed by atoms with van der Waals surface area (Å²) in [5.74, 6) is 1.88. The van der Waals surface area contributed by atoms with Gasteiger partial charge in [0.2, 0.25) is 11.8 Å². The molecule has 3 fully saturated rings. The van der Waals surface area contributed by atoms with Crippen molar-refractivity contribution in [1.29, 1.82) is 5.26 Å². The fraction of sp³-hybridized carbons (Fsp3) is 0.560. The number of aryl methyl sites for hydroxylation is 1. The maximum absolute atomic E-state index is 12.4. The molecule has 3 heterocycles. The number of aromatic nitrogens is 1. The van der Waals surface area contributed by atoms with E-state index in [-0.39, 0.29) is 11.8 Å². The fourth-order valence-corrected chi connectivity index (χ4v) is 5.53. The van der Waals surface area contributed by atoms with E-state index in [1.807, 2.05) is 19.1 Å². The summed E-state index contributed by atoms with van der Waals surface area (Å²) in [5.41, 5.74) is 2.80. The molecule has 2 aromatic rings. The van der Waals surface area contributed by atoms with Crippen LogP contribution < -0.4 is 5.32 Å². The number of hydrogen-bond acceptors (Lipinski definition) is 6. The molecule has 7 heteroatoms. The fourth-order valence-electron chi connectivity index (χ4n) is 5.53. The van der Waals surface area contributed by atoms with E-state index < -0.39 is 0 Å². The number of rotatable bonds is 7. The van der Waals surface area contributed by atoms with Crippen molar-refractivity contribution in [3.63, 3.8) is 0 Å². The van der Waals surface area contributed by atoms with E-state index >= 15 is 0 Å². The first-order chi connectivity index (χ1) is 15.5. The zero-order chi connectivity index (χ0) is 22.1. The summed E-state index contributed by atoms with van der Waals surface area (Å²) in [4.78, 5) is 22.0. The van der Waals surface area contributed by atoms with Gasteiger partial charge < -0.3 is 14.6 Å². The number of amides is 1. The second-order valence-electron chi connectivity index (χ2n) is 9.80. The van der Waals surface area contributed by atoms with E-state index in [4.69, 9.17) is 14.7 Å². The van der Waals surface area contributed by atoms with Crippen LogP contribution in [0.4, 0.5) is 0 Å². The predicted octanol–water partition coefficient (Wildman–Crippen LogP) is 2.95. The molecule has 1 aromatic carbocycles. The first kappa shape index (κ1) is 21.2. The predicted molar refractivity (Wildman–Crippen MR) is 121 cm³/mol. The summed E-state index contributed by atoms with van der Waals surface area (Å²) in [5, 5.41) is 12.1. The van der Waals surface area contributed by atoms with Crippen molar-refractivity contribution in [2.75, 3.05) is 39.3 Å².